The zero-order valence-electron chi connectivity index (χ0n) is 16.0. The Balaban J connectivity index is -0.0000000636. The van der Waals surface area contributed by atoms with Crippen molar-refractivity contribution in [3.8, 4) is 0 Å². The molecule has 1 unspecified atom stereocenters. The fourth-order valence-electron chi connectivity index (χ4n) is 1.86. The van der Waals surface area contributed by atoms with Crippen LogP contribution in [-0.4, -0.2) is 96.0 Å². The first-order chi connectivity index (χ1) is 13.4. The summed E-state index contributed by atoms with van der Waals surface area (Å²) in [6.07, 6.45) is -4.72. The van der Waals surface area contributed by atoms with Crippen molar-refractivity contribution in [3.05, 3.63) is 0 Å². The number of carboxylic acids is 5. The van der Waals surface area contributed by atoms with Crippen molar-refractivity contribution in [1.82, 2.24) is 0 Å². The normalized spacial score (nSPS) is 11.1. The maximum atomic E-state index is 11.1. The lowest BCUT2D eigenvalue weighted by molar-refractivity contribution is -0.148. The van der Waals surface area contributed by atoms with Gasteiger partial charge >= 0.3 is 37.4 Å². The van der Waals surface area contributed by atoms with Crippen molar-refractivity contribution >= 4 is 53.2 Å². The van der Waals surface area contributed by atoms with Crippen LogP contribution in [0.5, 0.6) is 0 Å². The van der Waals surface area contributed by atoms with Crippen LogP contribution in [0.25, 0.3) is 0 Å². The Bertz CT molecular complexity index is 744. The number of hydrogen-bond acceptors (Lipinski definition) is 7. The molecule has 0 aliphatic heterocycles. The first kappa shape index (κ1) is 54.6. The van der Waals surface area contributed by atoms with Gasteiger partial charge in [-0.25, -0.2) is 0 Å². The summed E-state index contributed by atoms with van der Waals surface area (Å²) in [6, 6.07) is 0. The van der Waals surface area contributed by atoms with E-state index in [1.54, 1.807) is 0 Å². The van der Waals surface area contributed by atoms with Crippen LogP contribution >= 0.6 is 15.0 Å². The van der Waals surface area contributed by atoms with E-state index in [2.05, 4.69) is 0 Å². The minimum Gasteiger partial charge on any atom is -0.481 e. The highest BCUT2D eigenvalue weighted by molar-refractivity contribution is 7.58. The molecule has 0 aromatic heterocycles. The standard InChI is InChI=1S/C7H11O9P.C6H11O6P.5CH4.BH/c8-4(9)1-2-7(6(12)13,3-5(10)11)17(14,15)16;7-5(8)1-3-13(11,12)4-2-6(9)10;;;;;;/h1-3H2,(H,8,9)(H,10,11)(H,12,13)(H2,14,15,16);1-4H2,(H,7,8)(H,9,10)(H,11,12);5*1H4;1H. The fourth-order valence-corrected chi connectivity index (χ4v) is 4.16. The van der Waals surface area contributed by atoms with Crippen molar-refractivity contribution in [2.45, 2.75) is 74.4 Å². The lowest BCUT2D eigenvalue weighted by Crippen LogP contribution is -2.41. The molecule has 0 saturated carbocycles. The molecular formula is C18H43BO15P2. The molecule has 0 spiro atoms. The Morgan fingerprint density at radius 1 is 0.583 bits per heavy atom. The zero-order chi connectivity index (χ0) is 24.3. The van der Waals surface area contributed by atoms with Gasteiger partial charge in [-0.05, 0) is 6.42 Å². The highest BCUT2D eigenvalue weighted by Gasteiger charge is 2.55. The summed E-state index contributed by atoms with van der Waals surface area (Å²) in [6.45, 7) is 0. The molecule has 15 nitrogen and oxygen atoms in total. The Morgan fingerprint density at radius 2 is 0.889 bits per heavy atom. The SMILES string of the molecule is C.C.C.C.C.O=C(O)CCC(CC(=O)O)(C(=O)O)P(=O)(O)O.O=C(O)CCP(=O)(O)CCC(=O)O.[BH]. The summed E-state index contributed by atoms with van der Waals surface area (Å²) >= 11 is 0. The van der Waals surface area contributed by atoms with Crippen LogP contribution in [0.2, 0.25) is 0 Å². The van der Waals surface area contributed by atoms with Crippen molar-refractivity contribution in [2.24, 2.45) is 0 Å². The van der Waals surface area contributed by atoms with Crippen LogP contribution in [-0.2, 0) is 33.1 Å². The number of carbonyl (C=O) groups is 5. The maximum absolute atomic E-state index is 11.1. The molecule has 0 saturated heterocycles. The van der Waals surface area contributed by atoms with Crippen molar-refractivity contribution in [2.75, 3.05) is 12.3 Å². The van der Waals surface area contributed by atoms with Crippen molar-refractivity contribution in [3.63, 3.8) is 0 Å². The second kappa shape index (κ2) is 23.2. The Morgan fingerprint density at radius 3 is 1.08 bits per heavy atom. The van der Waals surface area contributed by atoms with Gasteiger partial charge in [-0.15, -0.1) is 0 Å². The van der Waals surface area contributed by atoms with Crippen LogP contribution < -0.4 is 0 Å². The van der Waals surface area contributed by atoms with Crippen LogP contribution in [0.3, 0.4) is 0 Å². The second-order valence-electron chi connectivity index (χ2n) is 5.93. The average molecular weight is 572 g/mol. The smallest absolute Gasteiger partial charge is 0.343 e. The first-order valence-corrected chi connectivity index (χ1v) is 11.5. The molecule has 2 radical (unpaired) electrons. The van der Waals surface area contributed by atoms with Gasteiger partial charge in [0.25, 0.3) is 0 Å². The topological polar surface area (TPSA) is 281 Å². The molecule has 0 aliphatic carbocycles. The Kier molecular flexibility index (Phi) is 35.1. The lowest BCUT2D eigenvalue weighted by Gasteiger charge is -2.27. The van der Waals surface area contributed by atoms with Gasteiger partial charge < -0.3 is 40.2 Å². The van der Waals surface area contributed by atoms with Crippen LogP contribution in [0.15, 0.2) is 0 Å². The quantitative estimate of drug-likeness (QED) is 0.116. The van der Waals surface area contributed by atoms with Crippen LogP contribution in [0, 0.1) is 0 Å². The van der Waals surface area contributed by atoms with Gasteiger partial charge in [-0.1, -0.05) is 37.1 Å². The predicted molar refractivity (Wildman–Crippen MR) is 136 cm³/mol. The second-order valence-corrected chi connectivity index (χ2v) is 10.5. The summed E-state index contributed by atoms with van der Waals surface area (Å²) in [7, 11) is -8.88. The van der Waals surface area contributed by atoms with E-state index in [0.717, 1.165) is 0 Å². The summed E-state index contributed by atoms with van der Waals surface area (Å²) in [5, 5.41) is 39.1. The highest BCUT2D eigenvalue weighted by atomic mass is 31.2. The predicted octanol–water partition coefficient (Wildman–Crippen LogP) is 2.07. The summed E-state index contributed by atoms with van der Waals surface area (Å²) in [5.41, 5.74) is 0. The van der Waals surface area contributed by atoms with Gasteiger partial charge in [0.2, 0.25) is 7.37 Å². The third-order valence-electron chi connectivity index (χ3n) is 3.50. The van der Waals surface area contributed by atoms with Gasteiger partial charge in [0.1, 0.15) is 0 Å². The molecule has 1 atom stereocenters. The van der Waals surface area contributed by atoms with E-state index in [0.29, 0.717) is 0 Å². The molecule has 8 N–H and O–H groups in total. The molecule has 18 heteroatoms. The summed E-state index contributed by atoms with van der Waals surface area (Å²) < 4.78 is 22.2. The van der Waals surface area contributed by atoms with Gasteiger partial charge in [0.15, 0.2) is 5.16 Å². The van der Waals surface area contributed by atoms with Gasteiger partial charge in [0, 0.05) is 27.2 Å². The molecule has 0 aromatic carbocycles. The van der Waals surface area contributed by atoms with E-state index < -0.39 is 82.1 Å². The minimum atomic E-state index is -5.32. The zero-order valence-corrected chi connectivity index (χ0v) is 17.8. The highest BCUT2D eigenvalue weighted by Crippen LogP contribution is 2.55. The van der Waals surface area contributed by atoms with Crippen LogP contribution in [0.1, 0.15) is 69.2 Å². The molecule has 0 bridgehead atoms. The van der Waals surface area contributed by atoms with E-state index >= 15 is 0 Å². The third kappa shape index (κ3) is 23.5. The van der Waals surface area contributed by atoms with E-state index in [1.807, 2.05) is 0 Å². The Hall–Kier alpha value is -2.25. The van der Waals surface area contributed by atoms with E-state index in [4.69, 9.17) is 40.2 Å². The van der Waals surface area contributed by atoms with Gasteiger partial charge in [-0.2, -0.15) is 0 Å². The first-order valence-electron chi connectivity index (χ1n) is 7.83. The molecule has 0 amide bonds. The van der Waals surface area contributed by atoms with E-state index in [9.17, 15) is 33.1 Å². The third-order valence-corrected chi connectivity index (χ3v) is 7.03. The largest absolute Gasteiger partial charge is 0.481 e. The van der Waals surface area contributed by atoms with E-state index in [1.165, 1.54) is 0 Å². The lowest BCUT2D eigenvalue weighted by atomic mass is 9.98. The monoisotopic (exact) mass is 572 g/mol. The molecule has 218 valence electrons. The average Bonchev–Trinajstić information content (AvgIpc) is 2.54. The number of hydrogen-bond donors (Lipinski definition) is 8. The molecule has 0 heterocycles. The number of rotatable bonds is 13. The molecule has 36 heavy (non-hydrogen) atoms. The maximum Gasteiger partial charge on any atom is 0.343 e. The van der Waals surface area contributed by atoms with Crippen molar-refractivity contribution < 1.29 is 73.3 Å². The number of carboxylic acid groups (broad SMARTS) is 5. The molecule has 0 rings (SSSR count). The van der Waals surface area contributed by atoms with Gasteiger partial charge in [0.05, 0.1) is 19.3 Å². The fraction of sp³-hybridized carbons (Fsp3) is 0.722. The minimum absolute atomic E-state index is 0. The molecule has 0 aromatic rings. The van der Waals surface area contributed by atoms with Gasteiger partial charge in [-0.3, -0.25) is 33.1 Å². The van der Waals surface area contributed by atoms with Crippen molar-refractivity contribution in [1.29, 1.82) is 0 Å². The summed E-state index contributed by atoms with van der Waals surface area (Å²) in [4.78, 5) is 78.6. The van der Waals surface area contributed by atoms with E-state index in [-0.39, 0.29) is 57.9 Å². The Labute approximate surface area is 213 Å². The molecular weight excluding hydrogens is 529 g/mol. The molecule has 0 fully saturated rings. The number of aliphatic carboxylic acids is 5. The van der Waals surface area contributed by atoms with Crippen LogP contribution in [0.4, 0.5) is 0 Å². The molecule has 0 aliphatic rings. The summed E-state index contributed by atoms with van der Waals surface area (Å²) in [5.74, 6) is -7.57.